The summed E-state index contributed by atoms with van der Waals surface area (Å²) in [6.07, 6.45) is 0. The Balaban J connectivity index is 1.82. The van der Waals surface area contributed by atoms with Crippen LogP contribution in [0.2, 0.25) is 0 Å². The van der Waals surface area contributed by atoms with E-state index >= 15 is 0 Å². The number of hydrogen-bond donors (Lipinski definition) is 0. The fourth-order valence-corrected chi connectivity index (χ4v) is 4.45. The molecule has 2 heterocycles. The first kappa shape index (κ1) is 18.7. The lowest BCUT2D eigenvalue weighted by Gasteiger charge is -2.06. The number of thiazole rings is 1. The van der Waals surface area contributed by atoms with Gasteiger partial charge in [0.2, 0.25) is 0 Å². The van der Waals surface area contributed by atoms with Crippen LogP contribution in [0.15, 0.2) is 51.9 Å². The number of benzene rings is 2. The Morgan fingerprint density at radius 2 is 2.04 bits per heavy atom. The summed E-state index contributed by atoms with van der Waals surface area (Å²) < 4.78 is 14.4. The van der Waals surface area contributed by atoms with Crippen molar-refractivity contribution in [3.8, 4) is 0 Å². The topological polar surface area (TPSA) is 56.7 Å². The smallest absolute Gasteiger partial charge is 0.315 e. The highest BCUT2D eigenvalue weighted by atomic mass is 32.1. The Bertz CT molecular complexity index is 1200. The average Bonchev–Trinajstić information content (AvgIpc) is 3.24. The molecule has 1 amide bonds. The summed E-state index contributed by atoms with van der Waals surface area (Å²) >= 11 is 1.53. The molecule has 144 valence electrons. The zero-order chi connectivity index (χ0) is 19.7. The normalized spacial score (nSPS) is 12.3. The maximum atomic E-state index is 12.8. The minimum atomic E-state index is -0.373. The van der Waals surface area contributed by atoms with Crippen molar-refractivity contribution in [2.45, 2.75) is 27.3 Å². The third-order valence-corrected chi connectivity index (χ3v) is 5.84. The second-order valence-electron chi connectivity index (χ2n) is 6.73. The van der Waals surface area contributed by atoms with Gasteiger partial charge in [-0.15, -0.1) is 0 Å². The van der Waals surface area contributed by atoms with Gasteiger partial charge >= 0.3 is 5.91 Å². The maximum absolute atomic E-state index is 12.8. The number of fused-ring (bicyclic) bond motifs is 2. The van der Waals surface area contributed by atoms with Crippen LogP contribution in [-0.4, -0.2) is 23.7 Å². The average molecular weight is 394 g/mol. The van der Waals surface area contributed by atoms with Gasteiger partial charge in [-0.25, -0.2) is 0 Å². The fourth-order valence-electron chi connectivity index (χ4n) is 3.34. The molecule has 0 aliphatic rings. The third kappa shape index (κ3) is 3.53. The summed E-state index contributed by atoms with van der Waals surface area (Å²) in [5, 5.41) is 0.896. The Morgan fingerprint density at radius 3 is 2.82 bits per heavy atom. The van der Waals surface area contributed by atoms with Crippen LogP contribution < -0.4 is 4.80 Å². The van der Waals surface area contributed by atoms with Crippen LogP contribution in [0.4, 0.5) is 0 Å². The Kier molecular flexibility index (Phi) is 5.15. The molecule has 6 heteroatoms. The molecular formula is C22H22N2O3S. The van der Waals surface area contributed by atoms with Crippen LogP contribution in [0.5, 0.6) is 0 Å². The molecule has 0 bridgehead atoms. The van der Waals surface area contributed by atoms with E-state index in [4.69, 9.17) is 9.15 Å². The number of para-hydroxylation sites is 1. The summed E-state index contributed by atoms with van der Waals surface area (Å²) in [5.41, 5.74) is 4.14. The van der Waals surface area contributed by atoms with Crippen molar-refractivity contribution >= 4 is 38.4 Å². The number of hydrogen-bond acceptors (Lipinski definition) is 4. The number of carbonyl (C=O) groups is 1. The number of ether oxygens (including phenoxy) is 1. The lowest BCUT2D eigenvalue weighted by atomic mass is 10.1. The zero-order valence-corrected chi connectivity index (χ0v) is 17.0. The van der Waals surface area contributed by atoms with Crippen molar-refractivity contribution in [1.82, 2.24) is 4.57 Å². The van der Waals surface area contributed by atoms with Crippen LogP contribution >= 0.6 is 11.3 Å². The van der Waals surface area contributed by atoms with Crippen molar-refractivity contribution in [3.05, 3.63) is 64.2 Å². The predicted molar refractivity (Wildman–Crippen MR) is 112 cm³/mol. The molecule has 0 spiro atoms. The number of furan rings is 1. The molecule has 0 atom stereocenters. The third-order valence-electron chi connectivity index (χ3n) is 4.61. The predicted octanol–water partition coefficient (Wildman–Crippen LogP) is 4.84. The molecule has 0 unspecified atom stereocenters. The quantitative estimate of drug-likeness (QED) is 0.455. The van der Waals surface area contributed by atoms with Crippen molar-refractivity contribution in [2.24, 2.45) is 4.99 Å². The molecule has 4 rings (SSSR count). The van der Waals surface area contributed by atoms with E-state index in [1.165, 1.54) is 22.5 Å². The molecule has 2 aromatic carbocycles. The fraction of sp³-hybridized carbons (Fsp3) is 0.273. The van der Waals surface area contributed by atoms with E-state index in [0.717, 1.165) is 15.6 Å². The second kappa shape index (κ2) is 7.73. The molecule has 0 saturated carbocycles. The SMILES string of the molecule is CCOCCn1c(=NC(=O)c2cc3ccccc3o2)sc2c(C)cc(C)cc21. The van der Waals surface area contributed by atoms with E-state index in [1.54, 1.807) is 6.07 Å². The highest BCUT2D eigenvalue weighted by Crippen LogP contribution is 2.24. The molecule has 0 N–H and O–H groups in total. The van der Waals surface area contributed by atoms with Gasteiger partial charge in [0.05, 0.1) is 16.8 Å². The molecule has 5 nitrogen and oxygen atoms in total. The summed E-state index contributed by atoms with van der Waals surface area (Å²) in [6.45, 7) is 8.01. The van der Waals surface area contributed by atoms with E-state index in [-0.39, 0.29) is 11.7 Å². The summed E-state index contributed by atoms with van der Waals surface area (Å²) in [7, 11) is 0. The number of aryl methyl sites for hydroxylation is 2. The minimum absolute atomic E-state index is 0.253. The number of nitrogens with zero attached hydrogens (tertiary/aromatic N) is 2. The zero-order valence-electron chi connectivity index (χ0n) is 16.2. The number of rotatable bonds is 5. The van der Waals surface area contributed by atoms with Gasteiger partial charge in [-0.2, -0.15) is 4.99 Å². The molecule has 4 aromatic rings. The van der Waals surface area contributed by atoms with Gasteiger partial charge in [-0.3, -0.25) is 4.79 Å². The van der Waals surface area contributed by atoms with Gasteiger partial charge in [-0.05, 0) is 50.1 Å². The van der Waals surface area contributed by atoms with E-state index in [2.05, 4.69) is 35.5 Å². The van der Waals surface area contributed by atoms with E-state index in [1.807, 2.05) is 31.2 Å². The number of aromatic nitrogens is 1. The van der Waals surface area contributed by atoms with E-state index < -0.39 is 0 Å². The van der Waals surface area contributed by atoms with Crippen molar-refractivity contribution in [2.75, 3.05) is 13.2 Å². The second-order valence-corrected chi connectivity index (χ2v) is 7.71. The van der Waals surface area contributed by atoms with Crippen molar-refractivity contribution < 1.29 is 13.9 Å². The molecule has 0 radical (unpaired) electrons. The lowest BCUT2D eigenvalue weighted by Crippen LogP contribution is -2.19. The molecule has 28 heavy (non-hydrogen) atoms. The number of carbonyl (C=O) groups excluding carboxylic acids is 1. The van der Waals surface area contributed by atoms with Crippen molar-refractivity contribution in [1.29, 1.82) is 0 Å². The van der Waals surface area contributed by atoms with E-state index in [0.29, 0.717) is 30.1 Å². The van der Waals surface area contributed by atoms with Crippen LogP contribution in [0.1, 0.15) is 28.6 Å². The van der Waals surface area contributed by atoms with Crippen LogP contribution in [0.25, 0.3) is 21.2 Å². The van der Waals surface area contributed by atoms with Crippen molar-refractivity contribution in [3.63, 3.8) is 0 Å². The molecule has 0 aliphatic heterocycles. The highest BCUT2D eigenvalue weighted by Gasteiger charge is 2.14. The van der Waals surface area contributed by atoms with Crippen LogP contribution in [0, 0.1) is 13.8 Å². The molecule has 0 fully saturated rings. The first-order valence-electron chi connectivity index (χ1n) is 9.33. The summed E-state index contributed by atoms with van der Waals surface area (Å²) in [5.74, 6) is -0.120. The molecule has 2 aromatic heterocycles. The number of amides is 1. The molecule has 0 saturated heterocycles. The summed E-state index contributed by atoms with van der Waals surface area (Å²) in [4.78, 5) is 17.9. The lowest BCUT2D eigenvalue weighted by molar-refractivity contribution is 0.0972. The first-order chi connectivity index (χ1) is 13.6. The minimum Gasteiger partial charge on any atom is -0.451 e. The molecular weight excluding hydrogens is 372 g/mol. The van der Waals surface area contributed by atoms with Gasteiger partial charge in [0.25, 0.3) is 0 Å². The molecule has 0 aliphatic carbocycles. The maximum Gasteiger partial charge on any atom is 0.315 e. The van der Waals surface area contributed by atoms with Gasteiger partial charge in [0, 0.05) is 18.5 Å². The van der Waals surface area contributed by atoms with Gasteiger partial charge < -0.3 is 13.7 Å². The Labute approximate surface area is 166 Å². The monoisotopic (exact) mass is 394 g/mol. The Morgan fingerprint density at radius 1 is 1.21 bits per heavy atom. The van der Waals surface area contributed by atoms with Gasteiger partial charge in [0.15, 0.2) is 10.6 Å². The van der Waals surface area contributed by atoms with Gasteiger partial charge in [0.1, 0.15) is 5.58 Å². The Hall–Kier alpha value is -2.70. The highest BCUT2D eigenvalue weighted by molar-refractivity contribution is 7.16. The van der Waals surface area contributed by atoms with Crippen LogP contribution in [0.3, 0.4) is 0 Å². The largest absolute Gasteiger partial charge is 0.451 e. The first-order valence-corrected chi connectivity index (χ1v) is 10.1. The van der Waals surface area contributed by atoms with Crippen LogP contribution in [-0.2, 0) is 11.3 Å². The van der Waals surface area contributed by atoms with E-state index in [9.17, 15) is 4.79 Å². The summed E-state index contributed by atoms with van der Waals surface area (Å²) in [6, 6.07) is 13.6. The standard InChI is InChI=1S/C22H22N2O3S/c1-4-26-10-9-24-17-12-14(2)11-15(3)20(17)28-22(24)23-21(25)19-13-16-7-5-6-8-18(16)27-19/h5-8,11-13H,4,9-10H2,1-3H3. The van der Waals surface area contributed by atoms with Gasteiger partial charge in [-0.1, -0.05) is 35.6 Å².